The van der Waals surface area contributed by atoms with Gasteiger partial charge < -0.3 is 20.5 Å². The van der Waals surface area contributed by atoms with E-state index in [4.69, 9.17) is 4.74 Å². The second kappa shape index (κ2) is 13.8. The van der Waals surface area contributed by atoms with Crippen molar-refractivity contribution in [1.29, 1.82) is 0 Å². The highest BCUT2D eigenvalue weighted by atomic mass is 32.2. The summed E-state index contributed by atoms with van der Waals surface area (Å²) in [7, 11) is -6.90. The number of sulfonamides is 2. The predicted octanol–water partition coefficient (Wildman–Crippen LogP) is 6.72. The van der Waals surface area contributed by atoms with Crippen molar-refractivity contribution in [2.24, 2.45) is 0 Å². The third kappa shape index (κ3) is 7.90. The first-order valence-electron chi connectivity index (χ1n) is 15.0. The number of ether oxygens (including phenoxy) is 1. The van der Waals surface area contributed by atoms with Crippen molar-refractivity contribution >= 4 is 82.3 Å². The summed E-state index contributed by atoms with van der Waals surface area (Å²) in [6.07, 6.45) is 0. The van der Waals surface area contributed by atoms with Gasteiger partial charge in [0.1, 0.15) is 0 Å². The van der Waals surface area contributed by atoms with Crippen LogP contribution in [0.15, 0.2) is 131 Å². The minimum Gasteiger partial charge on any atom is -0.478 e. The van der Waals surface area contributed by atoms with Gasteiger partial charge in [-0.05, 0) is 106 Å². The number of fused-ring (bicyclic) bond motifs is 2. The van der Waals surface area contributed by atoms with Crippen molar-refractivity contribution in [1.82, 2.24) is 0 Å². The van der Waals surface area contributed by atoms with E-state index in [1.54, 1.807) is 48.5 Å². The molecule has 0 radical (unpaired) electrons. The van der Waals surface area contributed by atoms with Crippen LogP contribution in [0.25, 0.3) is 21.5 Å². The highest BCUT2D eigenvalue weighted by Gasteiger charge is 2.18. The van der Waals surface area contributed by atoms with E-state index in [1.807, 2.05) is 0 Å². The van der Waals surface area contributed by atoms with Gasteiger partial charge in [-0.2, -0.15) is 0 Å². The van der Waals surface area contributed by atoms with E-state index >= 15 is 0 Å². The molecule has 2 amide bonds. The Kier molecular flexibility index (Phi) is 9.32. The molecule has 0 fully saturated rings. The summed E-state index contributed by atoms with van der Waals surface area (Å²) >= 11 is 0. The summed E-state index contributed by atoms with van der Waals surface area (Å²) in [5.41, 5.74) is 1.12. The molecule has 6 aromatic carbocycles. The quantitative estimate of drug-likeness (QED) is 0.0952. The Morgan fingerprint density at radius 3 is 1.45 bits per heavy atom. The van der Waals surface area contributed by atoms with Crippen molar-refractivity contribution in [2.75, 3.05) is 27.2 Å². The van der Waals surface area contributed by atoms with Crippen molar-refractivity contribution in [3.05, 3.63) is 132 Å². The van der Waals surface area contributed by atoms with Gasteiger partial charge >= 0.3 is 18.0 Å². The number of amides is 2. The van der Waals surface area contributed by atoms with Gasteiger partial charge in [0.25, 0.3) is 20.0 Å². The summed E-state index contributed by atoms with van der Waals surface area (Å²) < 4.78 is 62.1. The number of urea groups is 1. The van der Waals surface area contributed by atoms with Crippen LogP contribution < -0.4 is 20.1 Å². The van der Waals surface area contributed by atoms with Gasteiger partial charge in [0.2, 0.25) is 0 Å². The molecular weight excluding hydrogens is 697 g/mol. The third-order valence-corrected chi connectivity index (χ3v) is 10.4. The smallest absolute Gasteiger partial charge is 0.337 e. The van der Waals surface area contributed by atoms with Gasteiger partial charge in [0, 0.05) is 22.7 Å². The fourth-order valence-electron chi connectivity index (χ4n) is 5.20. The van der Waals surface area contributed by atoms with Crippen molar-refractivity contribution in [2.45, 2.75) is 9.79 Å². The maximum Gasteiger partial charge on any atom is 0.337 e. The molecule has 0 aliphatic heterocycles. The molecule has 0 aliphatic carbocycles. The first kappa shape index (κ1) is 34.4. The molecule has 0 aliphatic rings. The summed E-state index contributed by atoms with van der Waals surface area (Å²) in [6.45, 7) is 0. The minimum absolute atomic E-state index is 0.0402. The van der Waals surface area contributed by atoms with E-state index in [-0.39, 0.29) is 32.3 Å². The number of esters is 1. The van der Waals surface area contributed by atoms with Gasteiger partial charge in [-0.25, -0.2) is 31.2 Å². The lowest BCUT2D eigenvalue weighted by molar-refractivity contribution is 0.0599. The summed E-state index contributed by atoms with van der Waals surface area (Å²) in [6, 6.07) is 29.7. The number of methoxy groups -OCH3 is 1. The maximum absolute atomic E-state index is 13.2. The van der Waals surface area contributed by atoms with E-state index in [1.165, 1.54) is 79.9 Å². The summed E-state index contributed by atoms with van der Waals surface area (Å²) in [5.74, 6) is -1.80. The van der Waals surface area contributed by atoms with Crippen molar-refractivity contribution < 1.29 is 41.1 Å². The predicted molar refractivity (Wildman–Crippen MR) is 193 cm³/mol. The van der Waals surface area contributed by atoms with Crippen LogP contribution in [0.3, 0.4) is 0 Å². The molecule has 13 nitrogen and oxygen atoms in total. The molecule has 0 saturated heterocycles. The van der Waals surface area contributed by atoms with Crippen molar-refractivity contribution in [3.8, 4) is 0 Å². The molecule has 0 bridgehead atoms. The molecule has 0 spiro atoms. The first-order chi connectivity index (χ1) is 24.3. The molecular formula is C36H28N4O9S2. The van der Waals surface area contributed by atoms with Crippen LogP contribution in [0.1, 0.15) is 20.7 Å². The molecule has 0 unspecified atom stereocenters. The van der Waals surface area contributed by atoms with Crippen LogP contribution in [-0.4, -0.2) is 47.0 Å². The summed E-state index contributed by atoms with van der Waals surface area (Å²) in [5, 5.41) is 17.1. The molecule has 51 heavy (non-hydrogen) atoms. The molecule has 5 N–H and O–H groups in total. The average molecular weight is 725 g/mol. The number of carboxylic acid groups (broad SMARTS) is 1. The SMILES string of the molecule is COC(=O)c1cccc(NS(=O)(=O)c2ccc3ccc(NC(=O)Nc4ccc5ccc(S(=O)(=O)Nc6cccc(C(=O)O)c6)cc5c4)cc3c2)c1. The van der Waals surface area contributed by atoms with Gasteiger partial charge in [-0.1, -0.05) is 36.4 Å². The van der Waals surface area contributed by atoms with Crippen LogP contribution >= 0.6 is 0 Å². The van der Waals surface area contributed by atoms with Gasteiger partial charge in [0.15, 0.2) is 0 Å². The van der Waals surface area contributed by atoms with Crippen molar-refractivity contribution in [3.63, 3.8) is 0 Å². The molecule has 258 valence electrons. The van der Waals surface area contributed by atoms with E-state index in [2.05, 4.69) is 20.1 Å². The molecule has 0 saturated carbocycles. The number of benzene rings is 6. The number of anilines is 4. The Balaban J connectivity index is 1.16. The zero-order valence-corrected chi connectivity index (χ0v) is 28.2. The number of nitrogens with one attached hydrogen (secondary N) is 4. The van der Waals surface area contributed by atoms with Crippen LogP contribution in [-0.2, 0) is 24.8 Å². The van der Waals surface area contributed by atoms with Crippen LogP contribution in [0.2, 0.25) is 0 Å². The fourth-order valence-corrected chi connectivity index (χ4v) is 7.37. The molecule has 0 heterocycles. The summed E-state index contributed by atoms with van der Waals surface area (Å²) in [4.78, 5) is 36.0. The number of carboxylic acids is 1. The third-order valence-electron chi connectivity index (χ3n) is 7.66. The Bertz CT molecular complexity index is 2590. The zero-order valence-electron chi connectivity index (χ0n) is 26.6. The highest BCUT2D eigenvalue weighted by Crippen LogP contribution is 2.27. The van der Waals surface area contributed by atoms with E-state index < -0.39 is 38.0 Å². The minimum atomic E-state index is -4.08. The highest BCUT2D eigenvalue weighted by molar-refractivity contribution is 7.93. The van der Waals surface area contributed by atoms with E-state index in [0.717, 1.165) is 5.39 Å². The Morgan fingerprint density at radius 2 is 0.980 bits per heavy atom. The monoisotopic (exact) mass is 724 g/mol. The second-order valence-corrected chi connectivity index (χ2v) is 14.6. The van der Waals surface area contributed by atoms with Gasteiger partial charge in [-0.15, -0.1) is 0 Å². The largest absolute Gasteiger partial charge is 0.478 e. The molecule has 6 rings (SSSR count). The fraction of sp³-hybridized carbons (Fsp3) is 0.0278. The first-order valence-corrected chi connectivity index (χ1v) is 18.0. The molecule has 0 atom stereocenters. The number of aromatic carboxylic acids is 1. The van der Waals surface area contributed by atoms with Crippen LogP contribution in [0, 0.1) is 0 Å². The van der Waals surface area contributed by atoms with Gasteiger partial charge in [0.05, 0.1) is 28.0 Å². The molecule has 15 heteroatoms. The second-order valence-electron chi connectivity index (χ2n) is 11.2. The molecule has 6 aromatic rings. The standard InChI is InChI=1S/C36H28N4O9S2/c1-49-35(43)25-5-3-7-31(17-25)40-51(47,48)33-15-11-23-9-13-29(19-27(23)21-33)38-36(44)37-28-12-8-22-10-14-32(20-26(22)18-28)50(45,46)39-30-6-2-4-24(16-30)34(41)42/h2-21,39-40H,1H3,(H,41,42)(H2,37,38,44). The number of carbonyl (C=O) groups is 3. The number of rotatable bonds is 10. The Labute approximate surface area is 292 Å². The zero-order chi connectivity index (χ0) is 36.3. The topological polar surface area (TPSA) is 197 Å². The number of carbonyl (C=O) groups excluding carboxylic acids is 2. The Hall–Kier alpha value is -6.45. The lowest BCUT2D eigenvalue weighted by Gasteiger charge is -2.12. The average Bonchev–Trinajstić information content (AvgIpc) is 3.10. The van der Waals surface area contributed by atoms with E-state index in [9.17, 15) is 36.3 Å². The van der Waals surface area contributed by atoms with Gasteiger partial charge in [-0.3, -0.25) is 9.44 Å². The number of hydrogen-bond acceptors (Lipinski definition) is 8. The van der Waals surface area contributed by atoms with Crippen LogP contribution in [0.5, 0.6) is 0 Å². The van der Waals surface area contributed by atoms with E-state index in [0.29, 0.717) is 27.5 Å². The number of hydrogen-bond donors (Lipinski definition) is 5. The maximum atomic E-state index is 13.2. The normalized spacial score (nSPS) is 11.5. The lowest BCUT2D eigenvalue weighted by atomic mass is 10.1. The Morgan fingerprint density at radius 1 is 0.529 bits per heavy atom. The molecule has 0 aromatic heterocycles. The lowest BCUT2D eigenvalue weighted by Crippen LogP contribution is -2.19. The van der Waals surface area contributed by atoms with Crippen LogP contribution in [0.4, 0.5) is 27.5 Å².